The van der Waals surface area contributed by atoms with Gasteiger partial charge in [-0.2, -0.15) is 0 Å². The number of benzene rings is 2. The number of nitrogens with one attached hydrogen (secondary N) is 1. The van der Waals surface area contributed by atoms with E-state index in [1.807, 2.05) is 37.3 Å². The largest absolute Gasteiger partial charge is 0.493 e. The van der Waals surface area contributed by atoms with Crippen LogP contribution in [0.5, 0.6) is 5.75 Å². The van der Waals surface area contributed by atoms with Crippen molar-refractivity contribution in [2.45, 2.75) is 6.92 Å². The number of amides is 1. The van der Waals surface area contributed by atoms with Crippen LogP contribution in [0.25, 0.3) is 0 Å². The molecule has 25 heavy (non-hydrogen) atoms. The van der Waals surface area contributed by atoms with Crippen LogP contribution in [-0.2, 0) is 4.74 Å². The van der Waals surface area contributed by atoms with Gasteiger partial charge in [-0.25, -0.2) is 0 Å². The fraction of sp³-hybridized carbons (Fsp3) is 0.316. The van der Waals surface area contributed by atoms with Crippen molar-refractivity contribution in [2.75, 3.05) is 43.1 Å². The number of para-hydroxylation sites is 2. The van der Waals surface area contributed by atoms with E-state index in [0.717, 1.165) is 18.8 Å². The predicted octanol–water partition coefficient (Wildman–Crippen LogP) is 3.83. The first-order valence-corrected chi connectivity index (χ1v) is 8.73. The molecule has 2 aromatic rings. The summed E-state index contributed by atoms with van der Waals surface area (Å²) in [6.07, 6.45) is 0. The zero-order valence-corrected chi connectivity index (χ0v) is 14.9. The molecule has 0 radical (unpaired) electrons. The molecule has 5 nitrogen and oxygen atoms in total. The molecule has 1 saturated heterocycles. The Morgan fingerprint density at radius 1 is 1.20 bits per heavy atom. The van der Waals surface area contributed by atoms with Crippen LogP contribution in [0.2, 0.25) is 5.02 Å². The summed E-state index contributed by atoms with van der Waals surface area (Å²) in [6, 6.07) is 12.7. The third-order valence-electron chi connectivity index (χ3n) is 3.99. The molecule has 1 fully saturated rings. The number of ether oxygens (including phenoxy) is 2. The second-order valence-electron chi connectivity index (χ2n) is 5.62. The molecule has 0 bridgehead atoms. The van der Waals surface area contributed by atoms with E-state index in [1.165, 1.54) is 0 Å². The summed E-state index contributed by atoms with van der Waals surface area (Å²) in [6.45, 7) is 5.16. The van der Waals surface area contributed by atoms with Crippen molar-refractivity contribution < 1.29 is 14.3 Å². The van der Waals surface area contributed by atoms with Gasteiger partial charge in [0.25, 0.3) is 5.91 Å². The average Bonchev–Trinajstić information content (AvgIpc) is 2.63. The van der Waals surface area contributed by atoms with E-state index < -0.39 is 0 Å². The number of anilines is 2. The van der Waals surface area contributed by atoms with Crippen molar-refractivity contribution in [3.05, 3.63) is 53.1 Å². The number of hydrogen-bond acceptors (Lipinski definition) is 4. The maximum atomic E-state index is 12.8. The maximum Gasteiger partial charge on any atom is 0.259 e. The zero-order chi connectivity index (χ0) is 17.6. The van der Waals surface area contributed by atoms with E-state index >= 15 is 0 Å². The van der Waals surface area contributed by atoms with Crippen LogP contribution >= 0.6 is 11.6 Å². The molecule has 0 aliphatic carbocycles. The van der Waals surface area contributed by atoms with Crippen molar-refractivity contribution in [2.24, 2.45) is 0 Å². The molecular formula is C19H21ClN2O3. The Bertz CT molecular complexity index is 745. The van der Waals surface area contributed by atoms with Crippen molar-refractivity contribution in [1.82, 2.24) is 0 Å². The summed E-state index contributed by atoms with van der Waals surface area (Å²) >= 11 is 6.41. The van der Waals surface area contributed by atoms with Gasteiger partial charge in [0, 0.05) is 13.1 Å². The highest BCUT2D eigenvalue weighted by Gasteiger charge is 2.20. The van der Waals surface area contributed by atoms with Gasteiger partial charge >= 0.3 is 0 Å². The molecule has 2 aromatic carbocycles. The lowest BCUT2D eigenvalue weighted by Gasteiger charge is -2.31. The Balaban J connectivity index is 1.88. The molecule has 3 rings (SSSR count). The Morgan fingerprint density at radius 3 is 2.72 bits per heavy atom. The molecule has 1 N–H and O–H groups in total. The van der Waals surface area contributed by atoms with E-state index in [-0.39, 0.29) is 5.91 Å². The van der Waals surface area contributed by atoms with Gasteiger partial charge in [-0.1, -0.05) is 29.8 Å². The highest BCUT2D eigenvalue weighted by atomic mass is 35.5. The van der Waals surface area contributed by atoms with Crippen molar-refractivity contribution in [3.63, 3.8) is 0 Å². The van der Waals surface area contributed by atoms with Crippen LogP contribution in [0.15, 0.2) is 42.5 Å². The first kappa shape index (κ1) is 17.6. The molecule has 0 saturated carbocycles. The highest BCUT2D eigenvalue weighted by Crippen LogP contribution is 2.35. The smallest absolute Gasteiger partial charge is 0.259 e. The first-order valence-electron chi connectivity index (χ1n) is 8.35. The van der Waals surface area contributed by atoms with Crippen molar-refractivity contribution >= 4 is 28.9 Å². The summed E-state index contributed by atoms with van der Waals surface area (Å²) in [7, 11) is 0. The van der Waals surface area contributed by atoms with Crippen LogP contribution < -0.4 is 15.0 Å². The molecule has 1 aliphatic rings. The van der Waals surface area contributed by atoms with Crippen LogP contribution in [0.3, 0.4) is 0 Å². The van der Waals surface area contributed by atoms with Crippen LogP contribution in [-0.4, -0.2) is 38.8 Å². The van der Waals surface area contributed by atoms with Crippen molar-refractivity contribution in [1.29, 1.82) is 0 Å². The number of hydrogen-bond donors (Lipinski definition) is 1. The lowest BCUT2D eigenvalue weighted by molar-refractivity contribution is 0.102. The third kappa shape index (κ3) is 4.06. The van der Waals surface area contributed by atoms with Crippen LogP contribution in [0, 0.1) is 0 Å². The summed E-state index contributed by atoms with van der Waals surface area (Å²) in [5, 5.41) is 3.59. The summed E-state index contributed by atoms with van der Waals surface area (Å²) in [5.74, 6) is 0.346. The minimum atomic E-state index is -0.221. The molecule has 0 unspecified atom stereocenters. The van der Waals surface area contributed by atoms with E-state index in [9.17, 15) is 4.79 Å². The van der Waals surface area contributed by atoms with Gasteiger partial charge < -0.3 is 19.7 Å². The molecule has 1 aliphatic heterocycles. The molecule has 6 heteroatoms. The molecular weight excluding hydrogens is 340 g/mol. The highest BCUT2D eigenvalue weighted by molar-refractivity contribution is 6.34. The maximum absolute atomic E-state index is 12.8. The molecule has 0 spiro atoms. The minimum absolute atomic E-state index is 0.221. The van der Waals surface area contributed by atoms with E-state index in [0.29, 0.717) is 41.8 Å². The quantitative estimate of drug-likeness (QED) is 0.880. The molecule has 1 amide bonds. The van der Waals surface area contributed by atoms with Crippen LogP contribution in [0.1, 0.15) is 17.3 Å². The second-order valence-corrected chi connectivity index (χ2v) is 6.03. The fourth-order valence-electron chi connectivity index (χ4n) is 2.85. The van der Waals surface area contributed by atoms with Gasteiger partial charge in [-0.15, -0.1) is 0 Å². The third-order valence-corrected chi connectivity index (χ3v) is 4.30. The Hall–Kier alpha value is -2.24. The Labute approximate surface area is 152 Å². The number of carbonyl (C=O) groups excluding carboxylic acids is 1. The van der Waals surface area contributed by atoms with E-state index in [4.69, 9.17) is 21.1 Å². The lowest BCUT2D eigenvalue weighted by Crippen LogP contribution is -2.37. The number of morpholine rings is 1. The molecule has 0 aromatic heterocycles. The van der Waals surface area contributed by atoms with Gasteiger partial charge in [0.1, 0.15) is 5.75 Å². The van der Waals surface area contributed by atoms with Gasteiger partial charge in [0.05, 0.1) is 41.8 Å². The monoisotopic (exact) mass is 360 g/mol. The summed E-state index contributed by atoms with van der Waals surface area (Å²) < 4.78 is 11.0. The van der Waals surface area contributed by atoms with Gasteiger partial charge in [-0.05, 0) is 31.2 Å². The Kier molecular flexibility index (Phi) is 5.79. The SMILES string of the molecule is CCOc1ccccc1C(=O)Nc1cccc(Cl)c1N1CCOCC1. The molecule has 132 valence electrons. The lowest BCUT2D eigenvalue weighted by atomic mass is 10.1. The molecule has 1 heterocycles. The number of carbonyl (C=O) groups is 1. The number of halogens is 1. The standard InChI is InChI=1S/C19H21ClN2O3/c1-2-25-17-9-4-3-6-14(17)19(23)21-16-8-5-7-15(20)18(16)22-10-12-24-13-11-22/h3-9H,2,10-13H2,1H3,(H,21,23). The van der Waals surface area contributed by atoms with Gasteiger partial charge in [0.2, 0.25) is 0 Å². The summed E-state index contributed by atoms with van der Waals surface area (Å²) in [5.41, 5.74) is 2.01. The van der Waals surface area contributed by atoms with E-state index in [1.54, 1.807) is 12.1 Å². The van der Waals surface area contributed by atoms with Gasteiger partial charge in [-0.3, -0.25) is 4.79 Å². The Morgan fingerprint density at radius 2 is 1.96 bits per heavy atom. The van der Waals surface area contributed by atoms with Gasteiger partial charge in [0.15, 0.2) is 0 Å². The number of rotatable bonds is 5. The fourth-order valence-corrected chi connectivity index (χ4v) is 3.14. The summed E-state index contributed by atoms with van der Waals surface area (Å²) in [4.78, 5) is 14.9. The molecule has 0 atom stereocenters. The zero-order valence-electron chi connectivity index (χ0n) is 14.1. The minimum Gasteiger partial charge on any atom is -0.493 e. The van der Waals surface area contributed by atoms with E-state index in [2.05, 4.69) is 10.2 Å². The normalized spacial score (nSPS) is 14.2. The number of nitrogens with zero attached hydrogens (tertiary/aromatic N) is 1. The predicted molar refractivity (Wildman–Crippen MR) is 100 cm³/mol. The topological polar surface area (TPSA) is 50.8 Å². The van der Waals surface area contributed by atoms with Crippen molar-refractivity contribution in [3.8, 4) is 5.75 Å². The average molecular weight is 361 g/mol. The van der Waals surface area contributed by atoms with Crippen LogP contribution in [0.4, 0.5) is 11.4 Å². The second kappa shape index (κ2) is 8.23. The first-order chi connectivity index (χ1) is 12.2.